The highest BCUT2D eigenvalue weighted by Crippen LogP contribution is 2.34. The van der Waals surface area contributed by atoms with Gasteiger partial charge in [0, 0.05) is 56.2 Å². The minimum atomic E-state index is -3.52. The third-order valence-corrected chi connectivity index (χ3v) is 7.91. The number of hydrogen-bond donors (Lipinski definition) is 3. The molecule has 1 aliphatic heterocycles. The highest BCUT2D eigenvalue weighted by Gasteiger charge is 2.22. The number of phenolic OH excluding ortho intramolecular Hbond substituents is 1. The van der Waals surface area contributed by atoms with Crippen LogP contribution in [0.5, 0.6) is 5.75 Å². The maximum Gasteiger partial charge on any atom is 0.340 e. The number of anilines is 1. The van der Waals surface area contributed by atoms with Crippen LogP contribution in [0.4, 0.5) is 5.69 Å². The molecule has 1 aliphatic rings. The van der Waals surface area contributed by atoms with Crippen molar-refractivity contribution >= 4 is 49.9 Å². The van der Waals surface area contributed by atoms with Crippen molar-refractivity contribution in [1.29, 1.82) is 0 Å². The summed E-state index contributed by atoms with van der Waals surface area (Å²) >= 11 is 12.7. The normalized spacial score (nSPS) is 15.0. The largest absolute Gasteiger partial charge is 0.506 e. The molecule has 3 N–H and O–H groups in total. The SMILES string of the molecule is CCS(=O)(=O)Nc1cccc(Cc2c(CN3CCNCC3)c3cc(Cl)c(O)cc3oc2=O)c1Cl. The van der Waals surface area contributed by atoms with E-state index in [1.54, 1.807) is 24.3 Å². The van der Waals surface area contributed by atoms with E-state index in [-0.39, 0.29) is 39.2 Å². The van der Waals surface area contributed by atoms with Gasteiger partial charge in [0.1, 0.15) is 11.3 Å². The van der Waals surface area contributed by atoms with Gasteiger partial charge in [-0.05, 0) is 30.2 Å². The molecule has 1 aromatic heterocycles. The molecule has 0 aliphatic carbocycles. The quantitative estimate of drug-likeness (QED) is 0.404. The number of rotatable bonds is 7. The molecule has 1 saturated heterocycles. The summed E-state index contributed by atoms with van der Waals surface area (Å²) in [5.41, 5.74) is 1.68. The first-order valence-electron chi connectivity index (χ1n) is 10.9. The Morgan fingerprint density at radius 1 is 1.18 bits per heavy atom. The van der Waals surface area contributed by atoms with Crippen molar-refractivity contribution in [2.75, 3.05) is 36.7 Å². The molecule has 11 heteroatoms. The second-order valence-corrected chi connectivity index (χ2v) is 10.9. The predicted octanol–water partition coefficient (Wildman–Crippen LogP) is 3.56. The van der Waals surface area contributed by atoms with E-state index in [0.29, 0.717) is 23.1 Å². The van der Waals surface area contributed by atoms with Crippen LogP contribution in [0, 0.1) is 0 Å². The Kier molecular flexibility index (Phi) is 7.39. The summed E-state index contributed by atoms with van der Waals surface area (Å²) in [4.78, 5) is 15.3. The van der Waals surface area contributed by atoms with Crippen LogP contribution in [0.25, 0.3) is 11.0 Å². The summed E-state index contributed by atoms with van der Waals surface area (Å²) in [5.74, 6) is -0.262. The average Bonchev–Trinajstić information content (AvgIpc) is 2.80. The number of halogens is 2. The minimum absolute atomic E-state index is 0.0930. The number of hydrogen-bond acceptors (Lipinski definition) is 7. The Balaban J connectivity index is 1.82. The lowest BCUT2D eigenvalue weighted by molar-refractivity contribution is 0.233. The number of phenols is 1. The van der Waals surface area contributed by atoms with Crippen LogP contribution in [0.3, 0.4) is 0 Å². The van der Waals surface area contributed by atoms with Crippen molar-refractivity contribution < 1.29 is 17.9 Å². The van der Waals surface area contributed by atoms with Crippen LogP contribution in [0.1, 0.15) is 23.6 Å². The highest BCUT2D eigenvalue weighted by atomic mass is 35.5. The van der Waals surface area contributed by atoms with Gasteiger partial charge in [0.05, 0.1) is 21.5 Å². The maximum absolute atomic E-state index is 13.1. The molecule has 1 fully saturated rings. The fourth-order valence-corrected chi connectivity index (χ4v) is 5.10. The van der Waals surface area contributed by atoms with Crippen molar-refractivity contribution in [2.45, 2.75) is 19.9 Å². The van der Waals surface area contributed by atoms with E-state index in [9.17, 15) is 18.3 Å². The Hall–Kier alpha value is -2.30. The van der Waals surface area contributed by atoms with Gasteiger partial charge in [0.2, 0.25) is 10.0 Å². The number of piperazine rings is 1. The minimum Gasteiger partial charge on any atom is -0.506 e. The van der Waals surface area contributed by atoms with E-state index in [4.69, 9.17) is 27.6 Å². The lowest BCUT2D eigenvalue weighted by Gasteiger charge is -2.28. The van der Waals surface area contributed by atoms with Crippen LogP contribution >= 0.6 is 23.2 Å². The van der Waals surface area contributed by atoms with E-state index < -0.39 is 15.6 Å². The van der Waals surface area contributed by atoms with E-state index in [1.807, 2.05) is 0 Å². The van der Waals surface area contributed by atoms with Gasteiger partial charge in [-0.15, -0.1) is 0 Å². The van der Waals surface area contributed by atoms with Crippen molar-refractivity contribution in [2.24, 2.45) is 0 Å². The van der Waals surface area contributed by atoms with Crippen LogP contribution in [-0.4, -0.2) is 50.4 Å². The van der Waals surface area contributed by atoms with E-state index in [0.717, 1.165) is 31.7 Å². The summed E-state index contributed by atoms with van der Waals surface area (Å²) in [5, 5.41) is 14.3. The molecule has 8 nitrogen and oxygen atoms in total. The number of benzene rings is 2. The van der Waals surface area contributed by atoms with Gasteiger partial charge in [-0.3, -0.25) is 9.62 Å². The Morgan fingerprint density at radius 2 is 1.91 bits per heavy atom. The monoisotopic (exact) mass is 525 g/mol. The molecule has 0 amide bonds. The van der Waals surface area contributed by atoms with Crippen molar-refractivity contribution in [1.82, 2.24) is 10.2 Å². The van der Waals surface area contributed by atoms with Crippen LogP contribution in [0.15, 0.2) is 39.5 Å². The molecule has 3 aromatic rings. The Morgan fingerprint density at radius 3 is 2.62 bits per heavy atom. The summed E-state index contributed by atoms with van der Waals surface area (Å²) in [6.45, 7) is 5.30. The Bertz CT molecular complexity index is 1390. The summed E-state index contributed by atoms with van der Waals surface area (Å²) < 4.78 is 32.1. The van der Waals surface area contributed by atoms with Crippen LogP contribution in [0.2, 0.25) is 10.0 Å². The zero-order chi connectivity index (χ0) is 24.5. The number of aromatic hydroxyl groups is 1. The van der Waals surface area contributed by atoms with Gasteiger partial charge in [0.15, 0.2) is 0 Å². The van der Waals surface area contributed by atoms with E-state index >= 15 is 0 Å². The molecule has 0 atom stereocenters. The molecule has 0 saturated carbocycles. The molecule has 0 unspecified atom stereocenters. The second-order valence-electron chi connectivity index (χ2n) is 8.13. The third-order valence-electron chi connectivity index (χ3n) is 5.87. The Labute approximate surface area is 207 Å². The fourth-order valence-electron chi connectivity index (χ4n) is 3.99. The lowest BCUT2D eigenvalue weighted by atomic mass is 9.97. The number of nitrogens with zero attached hydrogens (tertiary/aromatic N) is 1. The molecular weight excluding hydrogens is 501 g/mol. The van der Waals surface area contributed by atoms with Crippen molar-refractivity contribution in [3.05, 3.63) is 67.5 Å². The molecule has 0 bridgehead atoms. The van der Waals surface area contributed by atoms with Gasteiger partial charge in [-0.1, -0.05) is 35.3 Å². The molecule has 2 heterocycles. The topological polar surface area (TPSA) is 112 Å². The smallest absolute Gasteiger partial charge is 0.340 e. The number of sulfonamides is 1. The van der Waals surface area contributed by atoms with E-state index in [2.05, 4.69) is 14.9 Å². The standard InChI is InChI=1S/C23H25Cl2N3O5S/c1-2-34(31,32)27-19-5-3-4-14(22(19)25)10-16-17(13-28-8-6-26-7-9-28)15-11-18(24)20(29)12-21(15)33-23(16)30/h3-5,11-12,26-27,29H,2,6-10,13H2,1H3. The summed E-state index contributed by atoms with van der Waals surface area (Å²) in [7, 11) is -3.52. The first-order chi connectivity index (χ1) is 16.2. The third kappa shape index (κ3) is 5.34. The van der Waals surface area contributed by atoms with Crippen LogP contribution in [-0.2, 0) is 23.0 Å². The number of nitrogens with one attached hydrogen (secondary N) is 2. The molecule has 2 aromatic carbocycles. The molecule has 182 valence electrons. The summed E-state index contributed by atoms with van der Waals surface area (Å²) in [6.07, 6.45) is 0.138. The first-order valence-corrected chi connectivity index (χ1v) is 13.3. The van der Waals surface area contributed by atoms with Gasteiger partial charge in [-0.2, -0.15) is 0 Å². The number of fused-ring (bicyclic) bond motifs is 1. The molecule has 4 rings (SSSR count). The highest BCUT2D eigenvalue weighted by molar-refractivity contribution is 7.92. The first kappa shape index (κ1) is 24.8. The molecule has 0 radical (unpaired) electrons. The maximum atomic E-state index is 13.1. The molecule has 0 spiro atoms. The van der Waals surface area contributed by atoms with Gasteiger partial charge in [-0.25, -0.2) is 13.2 Å². The molecular formula is C23H25Cl2N3O5S. The van der Waals surface area contributed by atoms with Crippen molar-refractivity contribution in [3.63, 3.8) is 0 Å². The molecule has 34 heavy (non-hydrogen) atoms. The fraction of sp³-hybridized carbons (Fsp3) is 0.348. The van der Waals surface area contributed by atoms with Crippen molar-refractivity contribution in [3.8, 4) is 5.75 Å². The second kappa shape index (κ2) is 10.1. The zero-order valence-electron chi connectivity index (χ0n) is 18.5. The van der Waals surface area contributed by atoms with Gasteiger partial charge >= 0.3 is 5.63 Å². The van der Waals surface area contributed by atoms with Gasteiger partial charge in [0.25, 0.3) is 0 Å². The zero-order valence-corrected chi connectivity index (χ0v) is 20.9. The van der Waals surface area contributed by atoms with Crippen LogP contribution < -0.4 is 15.7 Å². The predicted molar refractivity (Wildman–Crippen MR) is 135 cm³/mol. The van der Waals surface area contributed by atoms with Gasteiger partial charge < -0.3 is 14.8 Å². The van der Waals surface area contributed by atoms with E-state index in [1.165, 1.54) is 13.0 Å². The summed E-state index contributed by atoms with van der Waals surface area (Å²) in [6, 6.07) is 7.95. The lowest BCUT2D eigenvalue weighted by Crippen LogP contribution is -2.43. The average molecular weight is 526 g/mol.